The summed E-state index contributed by atoms with van der Waals surface area (Å²) in [6, 6.07) is 7.15. The molecule has 0 radical (unpaired) electrons. The number of carbonyl (C=O) groups excluding carboxylic acids is 2. The Morgan fingerprint density at radius 2 is 2.10 bits per heavy atom. The molecule has 104 valence electrons. The highest BCUT2D eigenvalue weighted by atomic mass is 16.6. The number of hydrogen-bond donors (Lipinski definition) is 0. The molecule has 1 unspecified atom stereocenters. The minimum atomic E-state index is -0.384. The van der Waals surface area contributed by atoms with E-state index in [1.54, 1.807) is 18.2 Å². The Kier molecular flexibility index (Phi) is 6.68. The Hall–Kier alpha value is -2.49. The Morgan fingerprint density at radius 1 is 1.45 bits per heavy atom. The van der Waals surface area contributed by atoms with Gasteiger partial charge in [-0.05, 0) is 17.7 Å². The summed E-state index contributed by atoms with van der Waals surface area (Å²) in [5.41, 5.74) is 1.63. The van der Waals surface area contributed by atoms with Gasteiger partial charge in [-0.2, -0.15) is 4.99 Å². The maximum atomic E-state index is 10.3. The second kappa shape index (κ2) is 8.58. The zero-order valence-electron chi connectivity index (χ0n) is 11.0. The first kappa shape index (κ1) is 15.6. The van der Waals surface area contributed by atoms with Crippen molar-refractivity contribution in [2.24, 2.45) is 4.99 Å². The number of nitrogens with zero attached hydrogens (tertiary/aromatic N) is 1. The van der Waals surface area contributed by atoms with Crippen molar-refractivity contribution in [3.05, 3.63) is 49.1 Å². The summed E-state index contributed by atoms with van der Waals surface area (Å²) in [6.07, 6.45) is 4.49. The highest BCUT2D eigenvalue weighted by Gasteiger charge is 2.23. The molecule has 1 heterocycles. The molecule has 0 saturated carbocycles. The van der Waals surface area contributed by atoms with Crippen molar-refractivity contribution < 1.29 is 19.1 Å². The topological polar surface area (TPSA) is 68.3 Å². The third-order valence-corrected chi connectivity index (χ3v) is 2.28. The van der Waals surface area contributed by atoms with Crippen molar-refractivity contribution in [1.82, 2.24) is 0 Å². The van der Waals surface area contributed by atoms with E-state index in [2.05, 4.69) is 22.9 Å². The lowest BCUT2D eigenvalue weighted by atomic mass is 10.2. The fourth-order valence-electron chi connectivity index (χ4n) is 1.14. The molecule has 1 aromatic carbocycles. The van der Waals surface area contributed by atoms with Crippen LogP contribution in [0.15, 0.2) is 48.5 Å². The zero-order valence-corrected chi connectivity index (χ0v) is 11.0. The van der Waals surface area contributed by atoms with E-state index in [1.807, 2.05) is 12.1 Å². The number of epoxide rings is 1. The number of esters is 1. The molecule has 1 aliphatic heterocycles. The van der Waals surface area contributed by atoms with E-state index in [4.69, 9.17) is 4.74 Å². The molecule has 0 aliphatic carbocycles. The fourth-order valence-corrected chi connectivity index (χ4v) is 1.14. The van der Waals surface area contributed by atoms with Crippen molar-refractivity contribution in [3.63, 3.8) is 0 Å². The van der Waals surface area contributed by atoms with E-state index in [1.165, 1.54) is 6.08 Å². The van der Waals surface area contributed by atoms with Gasteiger partial charge >= 0.3 is 5.97 Å². The van der Waals surface area contributed by atoms with Crippen molar-refractivity contribution in [1.29, 1.82) is 0 Å². The molecule has 0 amide bonds. The van der Waals surface area contributed by atoms with Gasteiger partial charge in [-0.15, -0.1) is 0 Å². The Balaban J connectivity index is 0.000000204. The molecule has 1 saturated heterocycles. The number of benzene rings is 1. The summed E-state index contributed by atoms with van der Waals surface area (Å²) in [5, 5.41) is 0. The molecule has 1 aliphatic rings. The van der Waals surface area contributed by atoms with Crippen molar-refractivity contribution in [2.75, 3.05) is 13.2 Å². The quantitative estimate of drug-likeness (QED) is 0.271. The Bertz CT molecular complexity index is 511. The molecule has 0 bridgehead atoms. The van der Waals surface area contributed by atoms with Crippen molar-refractivity contribution in [3.8, 4) is 0 Å². The summed E-state index contributed by atoms with van der Waals surface area (Å²) in [6.45, 7) is 7.92. The molecule has 2 rings (SSSR count). The van der Waals surface area contributed by atoms with Gasteiger partial charge in [0.15, 0.2) is 0 Å². The largest absolute Gasteiger partial charge is 0.460 e. The standard InChI is InChI=1S/C9H7NO.C6H8O3/c1-2-8-3-5-9(6-4-8)10-7-11;1-2-6(7)9-4-5-3-8-5/h2-6H,1H2;2,5H,1,3-4H2. The van der Waals surface area contributed by atoms with Crippen LogP contribution >= 0.6 is 0 Å². The normalized spacial score (nSPS) is 14.9. The molecule has 1 atom stereocenters. The lowest BCUT2D eigenvalue weighted by Crippen LogP contribution is -2.06. The molecular weight excluding hydrogens is 258 g/mol. The van der Waals surface area contributed by atoms with Gasteiger partial charge in [0.2, 0.25) is 6.08 Å². The predicted molar refractivity (Wildman–Crippen MR) is 75.2 cm³/mol. The van der Waals surface area contributed by atoms with Gasteiger partial charge in [-0.25, -0.2) is 9.59 Å². The van der Waals surface area contributed by atoms with Crippen LogP contribution in [0.4, 0.5) is 5.69 Å². The smallest absolute Gasteiger partial charge is 0.330 e. The van der Waals surface area contributed by atoms with Crippen LogP contribution in [-0.2, 0) is 19.1 Å². The summed E-state index contributed by atoms with van der Waals surface area (Å²) in [5.74, 6) is -0.384. The number of isocyanates is 1. The van der Waals surface area contributed by atoms with Crippen LogP contribution < -0.4 is 0 Å². The van der Waals surface area contributed by atoms with Gasteiger partial charge in [0.1, 0.15) is 12.7 Å². The average Bonchev–Trinajstić information content (AvgIpc) is 3.31. The maximum absolute atomic E-state index is 10.3. The highest BCUT2D eigenvalue weighted by molar-refractivity contribution is 5.81. The number of ether oxygens (including phenoxy) is 2. The first-order chi connectivity index (χ1) is 9.69. The maximum Gasteiger partial charge on any atom is 0.330 e. The van der Waals surface area contributed by atoms with Gasteiger partial charge in [0, 0.05) is 6.08 Å². The molecule has 1 fully saturated rings. The summed E-state index contributed by atoms with van der Waals surface area (Å²) < 4.78 is 9.42. The molecule has 0 N–H and O–H groups in total. The van der Waals surface area contributed by atoms with E-state index in [0.717, 1.165) is 11.6 Å². The molecule has 1 aromatic rings. The third-order valence-electron chi connectivity index (χ3n) is 2.28. The summed E-state index contributed by atoms with van der Waals surface area (Å²) in [4.78, 5) is 23.6. The van der Waals surface area contributed by atoms with E-state index >= 15 is 0 Å². The van der Waals surface area contributed by atoms with E-state index in [0.29, 0.717) is 18.9 Å². The van der Waals surface area contributed by atoms with Crippen LogP contribution in [0.25, 0.3) is 6.08 Å². The monoisotopic (exact) mass is 273 g/mol. The number of rotatable bonds is 5. The highest BCUT2D eigenvalue weighted by Crippen LogP contribution is 2.12. The second-order valence-corrected chi connectivity index (χ2v) is 3.79. The fraction of sp³-hybridized carbons (Fsp3) is 0.200. The molecule has 0 spiro atoms. The van der Waals surface area contributed by atoms with Gasteiger partial charge in [0.05, 0.1) is 12.3 Å². The lowest BCUT2D eigenvalue weighted by Gasteiger charge is -1.94. The van der Waals surface area contributed by atoms with Gasteiger partial charge in [-0.3, -0.25) is 0 Å². The van der Waals surface area contributed by atoms with Crippen molar-refractivity contribution >= 4 is 23.8 Å². The Morgan fingerprint density at radius 3 is 2.55 bits per heavy atom. The first-order valence-corrected chi connectivity index (χ1v) is 5.90. The predicted octanol–water partition coefficient (Wildman–Crippen LogP) is 2.41. The zero-order chi connectivity index (χ0) is 14.8. The van der Waals surface area contributed by atoms with Crippen LogP contribution in [0, 0.1) is 0 Å². The SMILES string of the molecule is C=CC(=O)OCC1CO1.C=Cc1ccc(N=C=O)cc1. The van der Waals surface area contributed by atoms with Crippen LogP contribution in [0.1, 0.15) is 5.56 Å². The van der Waals surface area contributed by atoms with Crippen molar-refractivity contribution in [2.45, 2.75) is 6.10 Å². The summed E-state index contributed by atoms with van der Waals surface area (Å²) in [7, 11) is 0. The number of carbonyl (C=O) groups is 1. The Labute approximate surface area is 117 Å². The van der Waals surface area contributed by atoms with Crippen LogP contribution in [0.2, 0.25) is 0 Å². The van der Waals surface area contributed by atoms with E-state index in [-0.39, 0.29) is 12.1 Å². The second-order valence-electron chi connectivity index (χ2n) is 3.79. The number of aliphatic imine (C=N–C) groups is 1. The van der Waals surface area contributed by atoms with Gasteiger partial charge in [0.25, 0.3) is 0 Å². The first-order valence-electron chi connectivity index (χ1n) is 5.90. The minimum absolute atomic E-state index is 0.147. The number of hydrogen-bond acceptors (Lipinski definition) is 5. The van der Waals surface area contributed by atoms with Crippen LogP contribution in [0.5, 0.6) is 0 Å². The molecule has 20 heavy (non-hydrogen) atoms. The molecule has 5 heteroatoms. The lowest BCUT2D eigenvalue weighted by molar-refractivity contribution is -0.138. The molecular formula is C15H15NO4. The van der Waals surface area contributed by atoms with Gasteiger partial charge < -0.3 is 9.47 Å². The minimum Gasteiger partial charge on any atom is -0.460 e. The van der Waals surface area contributed by atoms with Gasteiger partial charge in [-0.1, -0.05) is 31.4 Å². The van der Waals surface area contributed by atoms with Crippen LogP contribution in [-0.4, -0.2) is 31.4 Å². The third kappa shape index (κ3) is 6.44. The van der Waals surface area contributed by atoms with E-state index < -0.39 is 0 Å². The van der Waals surface area contributed by atoms with E-state index in [9.17, 15) is 9.59 Å². The van der Waals surface area contributed by atoms with Crippen LogP contribution in [0.3, 0.4) is 0 Å². The molecule has 0 aromatic heterocycles. The molecule has 5 nitrogen and oxygen atoms in total. The average molecular weight is 273 g/mol. The summed E-state index contributed by atoms with van der Waals surface area (Å²) >= 11 is 0.